The van der Waals surface area contributed by atoms with Crippen LogP contribution in [0.1, 0.15) is 22.7 Å². The van der Waals surface area contributed by atoms with Gasteiger partial charge >= 0.3 is 0 Å². The van der Waals surface area contributed by atoms with E-state index in [0.29, 0.717) is 18.2 Å². The van der Waals surface area contributed by atoms with E-state index in [2.05, 4.69) is 14.9 Å². The third-order valence-electron chi connectivity index (χ3n) is 5.27. The molecule has 2 fully saturated rings. The van der Waals surface area contributed by atoms with Gasteiger partial charge in [0.05, 0.1) is 25.0 Å². The fraction of sp³-hybridized carbons (Fsp3) is 0.500. The molecule has 25 heavy (non-hydrogen) atoms. The molecule has 2 aromatic heterocycles. The first-order chi connectivity index (χ1) is 12.3. The molecule has 1 amide bonds. The van der Waals surface area contributed by atoms with E-state index in [1.54, 1.807) is 25.6 Å². The molecule has 0 aliphatic carbocycles. The molecule has 2 saturated heterocycles. The van der Waals surface area contributed by atoms with E-state index in [-0.39, 0.29) is 18.1 Å². The van der Waals surface area contributed by atoms with Crippen LogP contribution in [0.4, 0.5) is 0 Å². The van der Waals surface area contributed by atoms with Crippen LogP contribution in [0, 0.1) is 5.92 Å². The molecular formula is C18H22N4O3. The Bertz CT molecular complexity index is 706. The summed E-state index contributed by atoms with van der Waals surface area (Å²) in [5.41, 5.74) is 0.453. The molecule has 0 aromatic carbocycles. The van der Waals surface area contributed by atoms with Crippen LogP contribution in [0.15, 0.2) is 41.4 Å². The molecule has 0 unspecified atom stereocenters. The van der Waals surface area contributed by atoms with E-state index in [1.165, 1.54) is 6.33 Å². The molecule has 0 spiro atoms. The van der Waals surface area contributed by atoms with Gasteiger partial charge in [-0.15, -0.1) is 0 Å². The second kappa shape index (κ2) is 6.93. The van der Waals surface area contributed by atoms with Gasteiger partial charge < -0.3 is 14.1 Å². The Morgan fingerprint density at radius 2 is 2.32 bits per heavy atom. The average molecular weight is 342 g/mol. The van der Waals surface area contributed by atoms with E-state index < -0.39 is 0 Å². The second-order valence-corrected chi connectivity index (χ2v) is 6.66. The zero-order valence-electron chi connectivity index (χ0n) is 14.2. The van der Waals surface area contributed by atoms with E-state index in [1.807, 2.05) is 17.0 Å². The Balaban J connectivity index is 1.53. The highest BCUT2D eigenvalue weighted by Crippen LogP contribution is 2.33. The Kier molecular flexibility index (Phi) is 4.50. The first-order valence-electron chi connectivity index (χ1n) is 8.61. The van der Waals surface area contributed by atoms with Gasteiger partial charge in [-0.3, -0.25) is 9.69 Å². The largest absolute Gasteiger partial charge is 0.468 e. The Morgan fingerprint density at radius 1 is 1.40 bits per heavy atom. The zero-order chi connectivity index (χ0) is 17.2. The molecule has 2 aromatic rings. The quantitative estimate of drug-likeness (QED) is 0.837. The maximum Gasteiger partial charge on any atom is 0.272 e. The summed E-state index contributed by atoms with van der Waals surface area (Å²) in [6, 6.07) is 5.70. The van der Waals surface area contributed by atoms with Crippen molar-refractivity contribution in [1.29, 1.82) is 0 Å². The molecule has 7 heteroatoms. The Morgan fingerprint density at radius 3 is 3.04 bits per heavy atom. The topological polar surface area (TPSA) is 71.7 Å². The number of piperidine rings is 1. The molecule has 7 nitrogen and oxygen atoms in total. The standard InChI is InChI=1S/C18H22N4O3/c1-24-17-5-7-22(18(23)15-4-6-19-12-20-15)16-11-21(10-14(16)17)9-13-3-2-8-25-13/h2-4,6,8,12,14,16-17H,5,7,9-11H2,1H3/t14-,16+,17+/m0/s1. The smallest absolute Gasteiger partial charge is 0.272 e. The molecule has 3 atom stereocenters. The maximum absolute atomic E-state index is 12.9. The number of hydrogen-bond donors (Lipinski definition) is 0. The van der Waals surface area contributed by atoms with Gasteiger partial charge in [0.2, 0.25) is 0 Å². The second-order valence-electron chi connectivity index (χ2n) is 6.66. The SMILES string of the molecule is CO[C@@H]1CCN(C(=O)c2ccncn2)[C@@H]2CN(Cc3ccco3)C[C@@H]21. The minimum absolute atomic E-state index is 0.0215. The molecule has 2 aliphatic rings. The highest BCUT2D eigenvalue weighted by Gasteiger charge is 2.46. The van der Waals surface area contributed by atoms with Crippen LogP contribution < -0.4 is 0 Å². The number of fused-ring (bicyclic) bond motifs is 1. The number of carbonyl (C=O) groups excluding carboxylic acids is 1. The van der Waals surface area contributed by atoms with Crippen molar-refractivity contribution in [2.75, 3.05) is 26.7 Å². The monoisotopic (exact) mass is 342 g/mol. The predicted molar refractivity (Wildman–Crippen MR) is 89.7 cm³/mol. The van der Waals surface area contributed by atoms with E-state index in [4.69, 9.17) is 9.15 Å². The van der Waals surface area contributed by atoms with Crippen LogP contribution in [-0.2, 0) is 11.3 Å². The van der Waals surface area contributed by atoms with Gasteiger partial charge in [0.1, 0.15) is 17.8 Å². The minimum Gasteiger partial charge on any atom is -0.468 e. The fourth-order valence-corrected chi connectivity index (χ4v) is 4.10. The molecule has 0 radical (unpaired) electrons. The predicted octanol–water partition coefficient (Wildman–Crippen LogP) is 1.43. The number of ether oxygens (including phenoxy) is 1. The summed E-state index contributed by atoms with van der Waals surface area (Å²) < 4.78 is 11.2. The van der Waals surface area contributed by atoms with E-state index in [9.17, 15) is 4.79 Å². The van der Waals surface area contributed by atoms with Gasteiger partial charge in [-0.1, -0.05) is 0 Å². The van der Waals surface area contributed by atoms with Crippen LogP contribution in [0.5, 0.6) is 0 Å². The summed E-state index contributed by atoms with van der Waals surface area (Å²) in [5.74, 6) is 1.23. The number of nitrogens with zero attached hydrogens (tertiary/aromatic N) is 4. The van der Waals surface area contributed by atoms with Crippen LogP contribution >= 0.6 is 0 Å². The molecule has 0 bridgehead atoms. The molecule has 0 N–H and O–H groups in total. The zero-order valence-corrected chi connectivity index (χ0v) is 14.2. The number of methoxy groups -OCH3 is 1. The fourth-order valence-electron chi connectivity index (χ4n) is 4.10. The third-order valence-corrected chi connectivity index (χ3v) is 5.27. The maximum atomic E-state index is 12.9. The highest BCUT2D eigenvalue weighted by atomic mass is 16.5. The molecule has 4 heterocycles. The number of aromatic nitrogens is 2. The Labute approximate surface area is 146 Å². The van der Waals surface area contributed by atoms with Crippen molar-refractivity contribution < 1.29 is 13.9 Å². The van der Waals surface area contributed by atoms with E-state index in [0.717, 1.165) is 31.8 Å². The normalized spacial score (nSPS) is 26.6. The van der Waals surface area contributed by atoms with Crippen LogP contribution in [0.3, 0.4) is 0 Å². The van der Waals surface area contributed by atoms with Crippen molar-refractivity contribution in [2.24, 2.45) is 5.92 Å². The van der Waals surface area contributed by atoms with Crippen molar-refractivity contribution in [3.8, 4) is 0 Å². The number of carbonyl (C=O) groups is 1. The van der Waals surface area contributed by atoms with Crippen molar-refractivity contribution >= 4 is 5.91 Å². The molecule has 4 rings (SSSR count). The molecule has 2 aliphatic heterocycles. The highest BCUT2D eigenvalue weighted by molar-refractivity contribution is 5.92. The van der Waals surface area contributed by atoms with Crippen molar-refractivity contribution in [2.45, 2.75) is 25.1 Å². The van der Waals surface area contributed by atoms with Crippen molar-refractivity contribution in [1.82, 2.24) is 19.8 Å². The number of furan rings is 1. The number of hydrogen-bond acceptors (Lipinski definition) is 6. The van der Waals surface area contributed by atoms with Gasteiger partial charge in [0.25, 0.3) is 5.91 Å². The third kappa shape index (κ3) is 3.17. The van der Waals surface area contributed by atoms with E-state index >= 15 is 0 Å². The van der Waals surface area contributed by atoms with Gasteiger partial charge in [-0.05, 0) is 24.6 Å². The van der Waals surface area contributed by atoms with Gasteiger partial charge in [-0.25, -0.2) is 9.97 Å². The molecule has 132 valence electrons. The lowest BCUT2D eigenvalue weighted by Gasteiger charge is -2.40. The summed E-state index contributed by atoms with van der Waals surface area (Å²) in [7, 11) is 1.76. The summed E-state index contributed by atoms with van der Waals surface area (Å²) in [6.45, 7) is 3.17. The lowest BCUT2D eigenvalue weighted by atomic mass is 9.88. The van der Waals surface area contributed by atoms with Gasteiger partial charge in [-0.2, -0.15) is 0 Å². The first-order valence-corrected chi connectivity index (χ1v) is 8.61. The molecular weight excluding hydrogens is 320 g/mol. The number of rotatable bonds is 4. The minimum atomic E-state index is -0.0215. The lowest BCUT2D eigenvalue weighted by molar-refractivity contribution is -0.0159. The molecule has 0 saturated carbocycles. The van der Waals surface area contributed by atoms with Crippen LogP contribution in [0.2, 0.25) is 0 Å². The first kappa shape index (κ1) is 16.2. The lowest BCUT2D eigenvalue weighted by Crippen LogP contribution is -2.53. The summed E-state index contributed by atoms with van der Waals surface area (Å²) in [5, 5.41) is 0. The van der Waals surface area contributed by atoms with Crippen molar-refractivity contribution in [3.63, 3.8) is 0 Å². The van der Waals surface area contributed by atoms with Crippen LogP contribution in [0.25, 0.3) is 0 Å². The average Bonchev–Trinajstić information content (AvgIpc) is 3.31. The number of likely N-dealkylation sites (tertiary alicyclic amines) is 2. The van der Waals surface area contributed by atoms with Gasteiger partial charge in [0.15, 0.2) is 0 Å². The summed E-state index contributed by atoms with van der Waals surface area (Å²) in [4.78, 5) is 25.2. The summed E-state index contributed by atoms with van der Waals surface area (Å²) >= 11 is 0. The van der Waals surface area contributed by atoms with Crippen molar-refractivity contribution in [3.05, 3.63) is 48.4 Å². The van der Waals surface area contributed by atoms with Crippen LogP contribution in [-0.4, -0.2) is 64.6 Å². The summed E-state index contributed by atoms with van der Waals surface area (Å²) in [6.07, 6.45) is 5.76. The van der Waals surface area contributed by atoms with Gasteiger partial charge in [0, 0.05) is 38.9 Å². The Hall–Kier alpha value is -2.25. The number of amides is 1.